The van der Waals surface area contributed by atoms with E-state index in [4.69, 9.17) is 10.8 Å². The molecule has 0 heterocycles. The number of carboxylic acid groups (broad SMARTS) is 1. The van der Waals surface area contributed by atoms with Gasteiger partial charge >= 0.3 is 5.97 Å². The van der Waals surface area contributed by atoms with Crippen LogP contribution in [0.5, 0.6) is 0 Å². The van der Waals surface area contributed by atoms with E-state index in [2.05, 4.69) is 0 Å². The van der Waals surface area contributed by atoms with Gasteiger partial charge in [0.25, 0.3) is 0 Å². The third-order valence-electron chi connectivity index (χ3n) is 3.27. The van der Waals surface area contributed by atoms with Gasteiger partial charge in [-0.3, -0.25) is 4.79 Å². The second-order valence-electron chi connectivity index (χ2n) is 3.77. The minimum Gasteiger partial charge on any atom is -0.481 e. The van der Waals surface area contributed by atoms with Gasteiger partial charge in [0.2, 0.25) is 0 Å². The monoisotopic (exact) mass is 155 g/mol. The molecular formula is C8H13NO2. The topological polar surface area (TPSA) is 63.3 Å². The van der Waals surface area contributed by atoms with Crippen molar-refractivity contribution in [3.05, 3.63) is 0 Å². The molecule has 2 unspecified atom stereocenters. The maximum atomic E-state index is 10.7. The molecule has 0 amide bonds. The van der Waals surface area contributed by atoms with E-state index in [-0.39, 0.29) is 12.0 Å². The molecule has 3 heteroatoms. The lowest BCUT2D eigenvalue weighted by molar-refractivity contribution is -0.144. The molecule has 2 aliphatic rings. The van der Waals surface area contributed by atoms with E-state index in [0.717, 1.165) is 19.3 Å². The molecule has 62 valence electrons. The molecule has 0 aromatic heterocycles. The summed E-state index contributed by atoms with van der Waals surface area (Å²) in [7, 11) is 0. The van der Waals surface area contributed by atoms with Crippen LogP contribution in [0.4, 0.5) is 0 Å². The fourth-order valence-corrected chi connectivity index (χ4v) is 2.70. The first-order valence-electron chi connectivity index (χ1n) is 4.18. The van der Waals surface area contributed by atoms with Crippen LogP contribution in [-0.4, -0.2) is 17.1 Å². The van der Waals surface area contributed by atoms with Gasteiger partial charge in [0.15, 0.2) is 0 Å². The number of rotatable bonds is 1. The molecule has 0 aromatic rings. The Morgan fingerprint density at radius 2 is 2.00 bits per heavy atom. The van der Waals surface area contributed by atoms with E-state index >= 15 is 0 Å². The van der Waals surface area contributed by atoms with Gasteiger partial charge in [0.05, 0.1) is 5.92 Å². The molecule has 2 saturated carbocycles. The summed E-state index contributed by atoms with van der Waals surface area (Å²) in [6.45, 7) is 0. The first kappa shape index (κ1) is 7.10. The SMILES string of the molecule is N[C@@H]1C2CCC(C2)[C@H]1C(=O)O. The summed E-state index contributed by atoms with van der Waals surface area (Å²) >= 11 is 0. The van der Waals surface area contributed by atoms with Crippen LogP contribution in [0.3, 0.4) is 0 Å². The van der Waals surface area contributed by atoms with Crippen molar-refractivity contribution in [1.82, 2.24) is 0 Å². The van der Waals surface area contributed by atoms with Gasteiger partial charge < -0.3 is 10.8 Å². The molecule has 2 bridgehead atoms. The highest BCUT2D eigenvalue weighted by Gasteiger charge is 2.49. The Labute approximate surface area is 65.6 Å². The largest absolute Gasteiger partial charge is 0.481 e. The van der Waals surface area contributed by atoms with Crippen molar-refractivity contribution in [2.75, 3.05) is 0 Å². The third-order valence-corrected chi connectivity index (χ3v) is 3.27. The van der Waals surface area contributed by atoms with Gasteiger partial charge in [-0.05, 0) is 31.1 Å². The fraction of sp³-hybridized carbons (Fsp3) is 0.875. The van der Waals surface area contributed by atoms with Crippen molar-refractivity contribution in [3.63, 3.8) is 0 Å². The molecule has 0 spiro atoms. The summed E-state index contributed by atoms with van der Waals surface area (Å²) in [5, 5.41) is 8.83. The van der Waals surface area contributed by atoms with E-state index < -0.39 is 5.97 Å². The van der Waals surface area contributed by atoms with Gasteiger partial charge in [-0.1, -0.05) is 0 Å². The average Bonchev–Trinajstić information content (AvgIpc) is 2.44. The predicted octanol–water partition coefficient (Wildman–Crippen LogP) is 0.444. The Bertz CT molecular complexity index is 191. The van der Waals surface area contributed by atoms with Crippen molar-refractivity contribution in [2.24, 2.45) is 23.5 Å². The molecule has 2 aliphatic carbocycles. The quantitative estimate of drug-likeness (QED) is 0.577. The highest BCUT2D eigenvalue weighted by Crippen LogP contribution is 2.47. The summed E-state index contributed by atoms with van der Waals surface area (Å²) in [6.07, 6.45) is 3.28. The number of fused-ring (bicyclic) bond motifs is 2. The summed E-state index contributed by atoms with van der Waals surface area (Å²) in [5.41, 5.74) is 5.78. The van der Waals surface area contributed by atoms with E-state index in [1.54, 1.807) is 0 Å². The standard InChI is InChI=1S/C8H13NO2/c9-7-5-2-1-4(3-5)6(7)8(10)11/h4-7H,1-3,9H2,(H,10,11)/t4?,5?,6-,7-/m1/s1. The molecule has 2 rings (SSSR count). The molecule has 0 radical (unpaired) electrons. The molecule has 3 nitrogen and oxygen atoms in total. The van der Waals surface area contributed by atoms with E-state index in [1.807, 2.05) is 0 Å². The lowest BCUT2D eigenvalue weighted by atomic mass is 9.85. The Morgan fingerprint density at radius 1 is 1.36 bits per heavy atom. The first-order valence-corrected chi connectivity index (χ1v) is 4.18. The van der Waals surface area contributed by atoms with Crippen molar-refractivity contribution in [1.29, 1.82) is 0 Å². The van der Waals surface area contributed by atoms with E-state index in [0.29, 0.717) is 11.8 Å². The van der Waals surface area contributed by atoms with Crippen LogP contribution >= 0.6 is 0 Å². The first-order chi connectivity index (χ1) is 5.20. The summed E-state index contributed by atoms with van der Waals surface area (Å²) in [5.74, 6) is -0.0490. The van der Waals surface area contributed by atoms with Gasteiger partial charge in [-0.15, -0.1) is 0 Å². The molecule has 4 atom stereocenters. The average molecular weight is 155 g/mol. The zero-order valence-corrected chi connectivity index (χ0v) is 6.36. The Balaban J connectivity index is 2.17. The molecule has 11 heavy (non-hydrogen) atoms. The minimum absolute atomic E-state index is 0.0637. The second kappa shape index (κ2) is 2.21. The number of nitrogens with two attached hydrogens (primary N) is 1. The summed E-state index contributed by atoms with van der Waals surface area (Å²) < 4.78 is 0. The summed E-state index contributed by atoms with van der Waals surface area (Å²) in [4.78, 5) is 10.7. The Hall–Kier alpha value is -0.570. The van der Waals surface area contributed by atoms with Crippen LogP contribution in [0.25, 0.3) is 0 Å². The number of hydrogen-bond donors (Lipinski definition) is 2. The highest BCUT2D eigenvalue weighted by molar-refractivity contribution is 5.72. The van der Waals surface area contributed by atoms with Gasteiger partial charge in [0, 0.05) is 6.04 Å². The van der Waals surface area contributed by atoms with Crippen molar-refractivity contribution in [2.45, 2.75) is 25.3 Å². The smallest absolute Gasteiger partial charge is 0.308 e. The minimum atomic E-state index is -0.690. The molecule has 0 aliphatic heterocycles. The zero-order valence-electron chi connectivity index (χ0n) is 6.36. The van der Waals surface area contributed by atoms with Crippen LogP contribution in [0.15, 0.2) is 0 Å². The lowest BCUT2D eigenvalue weighted by Crippen LogP contribution is -2.40. The zero-order chi connectivity index (χ0) is 8.01. The maximum absolute atomic E-state index is 10.7. The van der Waals surface area contributed by atoms with Crippen LogP contribution in [0, 0.1) is 17.8 Å². The highest BCUT2D eigenvalue weighted by atomic mass is 16.4. The lowest BCUT2D eigenvalue weighted by Gasteiger charge is -2.23. The van der Waals surface area contributed by atoms with Crippen LogP contribution in [0.2, 0.25) is 0 Å². The van der Waals surface area contributed by atoms with Crippen molar-refractivity contribution in [3.8, 4) is 0 Å². The molecule has 2 fully saturated rings. The van der Waals surface area contributed by atoms with Crippen molar-refractivity contribution < 1.29 is 9.90 Å². The van der Waals surface area contributed by atoms with Gasteiger partial charge in [0.1, 0.15) is 0 Å². The third kappa shape index (κ3) is 0.872. The van der Waals surface area contributed by atoms with Crippen LogP contribution < -0.4 is 5.73 Å². The van der Waals surface area contributed by atoms with Crippen molar-refractivity contribution >= 4 is 5.97 Å². The maximum Gasteiger partial charge on any atom is 0.308 e. The van der Waals surface area contributed by atoms with E-state index in [1.165, 1.54) is 0 Å². The van der Waals surface area contributed by atoms with E-state index in [9.17, 15) is 4.79 Å². The second-order valence-corrected chi connectivity index (χ2v) is 3.77. The molecular weight excluding hydrogens is 142 g/mol. The van der Waals surface area contributed by atoms with Gasteiger partial charge in [-0.2, -0.15) is 0 Å². The Kier molecular flexibility index (Phi) is 1.42. The number of aliphatic carboxylic acids is 1. The normalized spacial score (nSPS) is 48.1. The predicted molar refractivity (Wildman–Crippen MR) is 39.9 cm³/mol. The molecule has 3 N–H and O–H groups in total. The molecule has 0 saturated heterocycles. The number of carbonyl (C=O) groups is 1. The fourth-order valence-electron chi connectivity index (χ4n) is 2.70. The van der Waals surface area contributed by atoms with Gasteiger partial charge in [-0.25, -0.2) is 0 Å². The Morgan fingerprint density at radius 3 is 2.36 bits per heavy atom. The van der Waals surface area contributed by atoms with Crippen LogP contribution in [-0.2, 0) is 4.79 Å². The number of carboxylic acids is 1. The van der Waals surface area contributed by atoms with Crippen LogP contribution in [0.1, 0.15) is 19.3 Å². The number of hydrogen-bond acceptors (Lipinski definition) is 2. The summed E-state index contributed by atoms with van der Waals surface area (Å²) in [6, 6.07) is -0.0637. The molecule has 0 aromatic carbocycles.